The van der Waals surface area contributed by atoms with Crippen LogP contribution < -0.4 is 11.4 Å². The van der Waals surface area contributed by atoms with Crippen molar-refractivity contribution >= 4 is 5.82 Å². The molecule has 0 unspecified atom stereocenters. The maximum Gasteiger partial charge on any atom is 0.351 e. The zero-order valence-corrected chi connectivity index (χ0v) is 14.2. The summed E-state index contributed by atoms with van der Waals surface area (Å²) in [6, 6.07) is 1.22. The average molecular weight is 380 g/mol. The van der Waals surface area contributed by atoms with Crippen LogP contribution in [0.3, 0.4) is 0 Å². The molecule has 0 saturated carbocycles. The van der Waals surface area contributed by atoms with E-state index in [1.54, 1.807) is 6.20 Å². The largest absolute Gasteiger partial charge is 0.384 e. The van der Waals surface area contributed by atoms with Gasteiger partial charge in [-0.05, 0) is 6.07 Å². The molecule has 3 N–H and O–H groups in total. The SMILES string of the molecule is Nc1ccn([C@@H]2O[C@H](CN3CCc4ncncc4C3)[C@@H](O)C2(F)F)c(=O)n1. The maximum atomic E-state index is 14.6. The van der Waals surface area contributed by atoms with Gasteiger partial charge in [0, 0.05) is 49.7 Å². The average Bonchev–Trinajstić information content (AvgIpc) is 2.85. The summed E-state index contributed by atoms with van der Waals surface area (Å²) in [5.74, 6) is -3.73. The van der Waals surface area contributed by atoms with E-state index in [9.17, 15) is 18.7 Å². The Morgan fingerprint density at radius 3 is 3.04 bits per heavy atom. The van der Waals surface area contributed by atoms with E-state index in [0.717, 1.165) is 17.5 Å². The molecule has 2 aromatic rings. The van der Waals surface area contributed by atoms with E-state index >= 15 is 0 Å². The molecular formula is C16H18F2N6O3. The summed E-state index contributed by atoms with van der Waals surface area (Å²) in [6.07, 6.45) is -0.256. The Morgan fingerprint density at radius 1 is 1.44 bits per heavy atom. The van der Waals surface area contributed by atoms with Gasteiger partial charge in [-0.1, -0.05) is 0 Å². The molecule has 11 heteroatoms. The van der Waals surface area contributed by atoms with Crippen LogP contribution in [-0.4, -0.2) is 60.7 Å². The fraction of sp³-hybridized carbons (Fsp3) is 0.500. The minimum atomic E-state index is -3.65. The lowest BCUT2D eigenvalue weighted by molar-refractivity contribution is -0.140. The van der Waals surface area contributed by atoms with Gasteiger partial charge in [0.2, 0.25) is 6.23 Å². The second-order valence-corrected chi connectivity index (χ2v) is 6.67. The standard InChI is InChI=1S/C16H18F2N6O3/c17-16(18)13(25)11(27-14(16)24-4-2-12(19)22-15(24)26)7-23-3-1-10-9(6-23)5-20-8-21-10/h2,4-5,8,11,13-14,25H,1,3,6-7H2,(H2,19,22,26)/t11-,13-,14-/m1/s1. The van der Waals surface area contributed by atoms with Crippen molar-refractivity contribution in [2.45, 2.75) is 37.3 Å². The van der Waals surface area contributed by atoms with E-state index in [2.05, 4.69) is 15.0 Å². The van der Waals surface area contributed by atoms with Gasteiger partial charge in [-0.2, -0.15) is 13.8 Å². The van der Waals surface area contributed by atoms with Gasteiger partial charge in [0.05, 0.1) is 0 Å². The number of nitrogen functional groups attached to an aromatic ring is 1. The first-order chi connectivity index (χ1) is 12.9. The third-order valence-corrected chi connectivity index (χ3v) is 4.86. The van der Waals surface area contributed by atoms with Crippen LogP contribution in [0, 0.1) is 0 Å². The van der Waals surface area contributed by atoms with Crippen molar-refractivity contribution < 1.29 is 18.6 Å². The number of nitrogens with zero attached hydrogens (tertiary/aromatic N) is 5. The second-order valence-electron chi connectivity index (χ2n) is 6.67. The third-order valence-electron chi connectivity index (χ3n) is 4.86. The van der Waals surface area contributed by atoms with Crippen LogP contribution in [0.1, 0.15) is 17.5 Å². The number of rotatable bonds is 3. The highest BCUT2D eigenvalue weighted by atomic mass is 19.3. The van der Waals surface area contributed by atoms with Crippen LogP contribution in [0.5, 0.6) is 0 Å². The topological polar surface area (TPSA) is 119 Å². The van der Waals surface area contributed by atoms with Crippen LogP contribution in [0.4, 0.5) is 14.6 Å². The van der Waals surface area contributed by atoms with E-state index in [1.165, 1.54) is 12.4 Å². The first-order valence-electron chi connectivity index (χ1n) is 8.42. The Labute approximate surface area is 152 Å². The summed E-state index contributed by atoms with van der Waals surface area (Å²) < 4.78 is 35.2. The van der Waals surface area contributed by atoms with Crippen LogP contribution in [0.25, 0.3) is 0 Å². The quantitative estimate of drug-likeness (QED) is 0.736. The van der Waals surface area contributed by atoms with Gasteiger partial charge in [0.25, 0.3) is 0 Å². The fourth-order valence-electron chi connectivity index (χ4n) is 3.46. The van der Waals surface area contributed by atoms with Crippen molar-refractivity contribution in [3.63, 3.8) is 0 Å². The molecule has 4 heterocycles. The molecular weight excluding hydrogens is 362 g/mol. The Kier molecular flexibility index (Phi) is 4.36. The van der Waals surface area contributed by atoms with Crippen LogP contribution in [0.15, 0.2) is 29.6 Å². The van der Waals surface area contributed by atoms with E-state index < -0.39 is 30.0 Å². The highest BCUT2D eigenvalue weighted by Gasteiger charge is 2.59. The lowest BCUT2D eigenvalue weighted by atomic mass is 10.0. The van der Waals surface area contributed by atoms with Crippen molar-refractivity contribution in [2.75, 3.05) is 18.8 Å². The van der Waals surface area contributed by atoms with E-state index in [0.29, 0.717) is 24.1 Å². The maximum absolute atomic E-state index is 14.6. The lowest BCUT2D eigenvalue weighted by Crippen LogP contribution is -2.44. The predicted octanol–water partition coefficient (Wildman–Crippen LogP) is -0.433. The van der Waals surface area contributed by atoms with Crippen molar-refractivity contribution in [1.82, 2.24) is 24.4 Å². The first kappa shape index (κ1) is 17.9. The van der Waals surface area contributed by atoms with Crippen molar-refractivity contribution in [2.24, 2.45) is 0 Å². The molecule has 2 aromatic heterocycles. The molecule has 0 amide bonds. The summed E-state index contributed by atoms with van der Waals surface area (Å²) >= 11 is 0. The number of nitrogens with two attached hydrogens (primary N) is 1. The number of aromatic nitrogens is 4. The monoisotopic (exact) mass is 380 g/mol. The predicted molar refractivity (Wildman–Crippen MR) is 88.8 cm³/mol. The van der Waals surface area contributed by atoms with Crippen molar-refractivity contribution in [1.29, 1.82) is 0 Å². The highest BCUT2D eigenvalue weighted by molar-refractivity contribution is 5.24. The van der Waals surface area contributed by atoms with Crippen molar-refractivity contribution in [3.8, 4) is 0 Å². The summed E-state index contributed by atoms with van der Waals surface area (Å²) in [4.78, 5) is 25.4. The fourth-order valence-corrected chi connectivity index (χ4v) is 3.46. The van der Waals surface area contributed by atoms with E-state index in [4.69, 9.17) is 10.5 Å². The smallest absolute Gasteiger partial charge is 0.351 e. The summed E-state index contributed by atoms with van der Waals surface area (Å²) in [6.45, 7) is 1.15. The molecule has 0 spiro atoms. The van der Waals surface area contributed by atoms with Crippen LogP contribution in [-0.2, 0) is 17.7 Å². The molecule has 3 atom stereocenters. The number of hydrogen-bond donors (Lipinski definition) is 2. The molecule has 0 bridgehead atoms. The molecule has 1 fully saturated rings. The molecule has 0 radical (unpaired) electrons. The number of fused-ring (bicyclic) bond motifs is 1. The van der Waals surface area contributed by atoms with Gasteiger partial charge in [-0.15, -0.1) is 0 Å². The second kappa shape index (κ2) is 6.59. The van der Waals surface area contributed by atoms with Crippen LogP contribution in [0.2, 0.25) is 0 Å². The number of alkyl halides is 2. The minimum Gasteiger partial charge on any atom is -0.384 e. The minimum absolute atomic E-state index is 0.0798. The zero-order chi connectivity index (χ0) is 19.2. The Balaban J connectivity index is 1.52. The molecule has 144 valence electrons. The molecule has 0 aliphatic carbocycles. The molecule has 2 aliphatic rings. The Hall–Kier alpha value is -2.50. The number of aliphatic hydroxyl groups excluding tert-OH is 1. The number of ether oxygens (including phenoxy) is 1. The van der Waals surface area contributed by atoms with Gasteiger partial charge >= 0.3 is 11.6 Å². The van der Waals surface area contributed by atoms with E-state index in [1.807, 2.05) is 4.90 Å². The van der Waals surface area contributed by atoms with Gasteiger partial charge in [0.15, 0.2) is 0 Å². The van der Waals surface area contributed by atoms with E-state index in [-0.39, 0.29) is 12.4 Å². The first-order valence-corrected chi connectivity index (χ1v) is 8.42. The van der Waals surface area contributed by atoms with Gasteiger partial charge < -0.3 is 15.6 Å². The Morgan fingerprint density at radius 2 is 2.26 bits per heavy atom. The zero-order valence-electron chi connectivity index (χ0n) is 14.2. The molecule has 1 saturated heterocycles. The van der Waals surface area contributed by atoms with Crippen LogP contribution >= 0.6 is 0 Å². The normalized spacial score (nSPS) is 27.4. The van der Waals surface area contributed by atoms with Crippen molar-refractivity contribution in [3.05, 3.63) is 46.5 Å². The molecule has 9 nitrogen and oxygen atoms in total. The number of halogens is 2. The summed E-state index contributed by atoms with van der Waals surface area (Å²) in [5, 5.41) is 10.1. The lowest BCUT2D eigenvalue weighted by Gasteiger charge is -2.30. The van der Waals surface area contributed by atoms with Gasteiger partial charge in [-0.3, -0.25) is 9.47 Å². The summed E-state index contributed by atoms with van der Waals surface area (Å²) in [7, 11) is 0. The molecule has 4 rings (SSSR count). The summed E-state index contributed by atoms with van der Waals surface area (Å²) in [5.41, 5.74) is 6.27. The molecule has 2 aliphatic heterocycles. The van der Waals surface area contributed by atoms with Gasteiger partial charge in [-0.25, -0.2) is 14.8 Å². The number of hydrogen-bond acceptors (Lipinski definition) is 8. The molecule has 27 heavy (non-hydrogen) atoms. The highest BCUT2D eigenvalue weighted by Crippen LogP contribution is 2.42. The number of aliphatic hydroxyl groups is 1. The molecule has 0 aromatic carbocycles. The Bertz CT molecular complexity index is 908. The van der Waals surface area contributed by atoms with Gasteiger partial charge in [0.1, 0.15) is 24.4 Å². The number of anilines is 1. The third kappa shape index (κ3) is 3.17.